The molecule has 0 saturated heterocycles. The van der Waals surface area contributed by atoms with Gasteiger partial charge >= 0.3 is 12.4 Å². The quantitative estimate of drug-likeness (QED) is 0.351. The summed E-state index contributed by atoms with van der Waals surface area (Å²) < 4.78 is 133. The molecule has 1 amide bonds. The standard InChI is InChI=1S/C26H25F8NO4S/c1-23(28,26(32,33)34)15-3-9-19-14(12-15)2-8-20-18(22(37)35-13-21(36)25(29,30)31)10-11-24(19,20)40(38,39)17-6-4-16(27)5-7-17/h3-7,9,12,18,20-21,36H,2,8,10-11,13H2,1H3,(H,35,37)/t18-,20+,21-,23?,24-/m1/s1. The van der Waals surface area contributed by atoms with Crippen molar-refractivity contribution in [3.63, 3.8) is 0 Å². The first kappa shape index (κ1) is 30.2. The van der Waals surface area contributed by atoms with Gasteiger partial charge in [-0.05, 0) is 79.5 Å². The summed E-state index contributed by atoms with van der Waals surface area (Å²) in [5, 5.41) is 11.3. The number of alkyl halides is 7. The van der Waals surface area contributed by atoms with Crippen LogP contribution in [0.4, 0.5) is 35.1 Å². The topological polar surface area (TPSA) is 83.5 Å². The highest BCUT2D eigenvalue weighted by atomic mass is 32.2. The number of halogens is 8. The first-order valence-corrected chi connectivity index (χ1v) is 13.7. The van der Waals surface area contributed by atoms with Crippen LogP contribution >= 0.6 is 0 Å². The molecule has 1 unspecified atom stereocenters. The number of sulfone groups is 1. The lowest BCUT2D eigenvalue weighted by Gasteiger charge is -2.42. The average Bonchev–Trinajstić information content (AvgIpc) is 3.27. The molecule has 5 nitrogen and oxygen atoms in total. The summed E-state index contributed by atoms with van der Waals surface area (Å²) in [6.07, 6.45) is -13.5. The number of hydrogen-bond acceptors (Lipinski definition) is 4. The fourth-order valence-electron chi connectivity index (χ4n) is 5.89. The number of aliphatic hydroxyl groups excluding tert-OH is 1. The second kappa shape index (κ2) is 9.97. The van der Waals surface area contributed by atoms with Gasteiger partial charge in [0.25, 0.3) is 0 Å². The van der Waals surface area contributed by atoms with Crippen LogP contribution in [0.15, 0.2) is 47.4 Å². The number of carbonyl (C=O) groups is 1. The first-order chi connectivity index (χ1) is 18.3. The van der Waals surface area contributed by atoms with Gasteiger partial charge in [0.05, 0.1) is 11.4 Å². The number of aryl methyl sites for hydroxylation is 1. The van der Waals surface area contributed by atoms with E-state index in [2.05, 4.69) is 0 Å². The van der Waals surface area contributed by atoms with E-state index in [0.29, 0.717) is 6.92 Å². The zero-order valence-electron chi connectivity index (χ0n) is 20.9. The van der Waals surface area contributed by atoms with Crippen LogP contribution in [0.2, 0.25) is 0 Å². The Bertz CT molecular complexity index is 1390. The van der Waals surface area contributed by atoms with Gasteiger partial charge in [0.15, 0.2) is 15.9 Å². The van der Waals surface area contributed by atoms with Gasteiger partial charge in [0.1, 0.15) is 10.6 Å². The van der Waals surface area contributed by atoms with Gasteiger partial charge in [0, 0.05) is 5.92 Å². The number of aliphatic hydroxyl groups is 1. The molecule has 2 aromatic rings. The highest BCUT2D eigenvalue weighted by molar-refractivity contribution is 7.92. The molecule has 14 heteroatoms. The lowest BCUT2D eigenvalue weighted by Crippen LogP contribution is -2.48. The second-order valence-electron chi connectivity index (χ2n) is 10.3. The van der Waals surface area contributed by atoms with Crippen LogP contribution in [-0.4, -0.2) is 44.4 Å². The van der Waals surface area contributed by atoms with Crippen LogP contribution in [0.3, 0.4) is 0 Å². The van der Waals surface area contributed by atoms with Crippen molar-refractivity contribution in [2.45, 2.75) is 66.4 Å². The summed E-state index contributed by atoms with van der Waals surface area (Å²) in [6.45, 7) is -0.813. The lowest BCUT2D eigenvalue weighted by molar-refractivity contribution is -0.228. The molecular weight excluding hydrogens is 574 g/mol. The van der Waals surface area contributed by atoms with Crippen molar-refractivity contribution in [1.82, 2.24) is 5.32 Å². The fraction of sp³-hybridized carbons (Fsp3) is 0.500. The summed E-state index contributed by atoms with van der Waals surface area (Å²) >= 11 is 0. The highest BCUT2D eigenvalue weighted by Gasteiger charge is 2.62. The van der Waals surface area contributed by atoms with Crippen molar-refractivity contribution in [3.05, 3.63) is 65.0 Å². The molecule has 2 N–H and O–H groups in total. The second-order valence-corrected chi connectivity index (χ2v) is 12.5. The third-order valence-electron chi connectivity index (χ3n) is 8.06. The summed E-state index contributed by atoms with van der Waals surface area (Å²) in [4.78, 5) is 12.7. The monoisotopic (exact) mass is 599 g/mol. The SMILES string of the molecule is CC(F)(c1ccc2c(c1)CC[C@H]1[C@H](C(=O)NC[C@@H](O)C(F)(F)F)CC[C@@]21S(=O)(=O)c1ccc(F)cc1)C(F)(F)F. The molecule has 0 bridgehead atoms. The number of rotatable bonds is 6. The van der Waals surface area contributed by atoms with E-state index in [9.17, 15) is 53.4 Å². The van der Waals surface area contributed by atoms with Crippen LogP contribution in [0.25, 0.3) is 0 Å². The molecule has 40 heavy (non-hydrogen) atoms. The molecule has 1 fully saturated rings. The molecular formula is C26H25F8NO4S. The maximum atomic E-state index is 14.8. The Labute approximate surface area is 224 Å². The molecule has 1 saturated carbocycles. The van der Waals surface area contributed by atoms with E-state index in [1.165, 1.54) is 0 Å². The van der Waals surface area contributed by atoms with E-state index in [1.54, 1.807) is 0 Å². The predicted octanol–water partition coefficient (Wildman–Crippen LogP) is 5.25. The molecule has 4 rings (SSSR count). The Kier molecular flexibility index (Phi) is 7.53. The molecule has 5 atom stereocenters. The van der Waals surface area contributed by atoms with E-state index in [4.69, 9.17) is 0 Å². The predicted molar refractivity (Wildman–Crippen MR) is 126 cm³/mol. The summed E-state index contributed by atoms with van der Waals surface area (Å²) in [5.74, 6) is -3.80. The number of hydrogen-bond donors (Lipinski definition) is 2. The van der Waals surface area contributed by atoms with Crippen molar-refractivity contribution >= 4 is 15.7 Å². The summed E-state index contributed by atoms with van der Waals surface area (Å²) in [5.41, 5.74) is -4.29. The van der Waals surface area contributed by atoms with Gasteiger partial charge in [-0.2, -0.15) is 26.3 Å². The molecule has 2 aromatic carbocycles. The van der Waals surface area contributed by atoms with E-state index in [0.717, 1.165) is 42.5 Å². The largest absolute Gasteiger partial charge is 0.426 e. The minimum Gasteiger partial charge on any atom is -0.382 e. The zero-order chi connectivity index (χ0) is 29.9. The van der Waals surface area contributed by atoms with Crippen molar-refractivity contribution in [1.29, 1.82) is 0 Å². The van der Waals surface area contributed by atoms with Crippen molar-refractivity contribution in [2.24, 2.45) is 11.8 Å². The molecule has 220 valence electrons. The first-order valence-electron chi connectivity index (χ1n) is 12.3. The smallest absolute Gasteiger partial charge is 0.382 e. The normalized spacial score (nSPS) is 25.4. The Morgan fingerprint density at radius 1 is 1.05 bits per heavy atom. The molecule has 0 radical (unpaired) electrons. The summed E-state index contributed by atoms with van der Waals surface area (Å²) in [7, 11) is -4.48. The third-order valence-corrected chi connectivity index (χ3v) is 10.6. The minimum atomic E-state index is -5.26. The minimum absolute atomic E-state index is 0.0303. The highest BCUT2D eigenvalue weighted by Crippen LogP contribution is 2.59. The van der Waals surface area contributed by atoms with Crippen molar-refractivity contribution < 1.29 is 53.4 Å². The van der Waals surface area contributed by atoms with E-state index >= 15 is 0 Å². The van der Waals surface area contributed by atoms with Crippen LogP contribution < -0.4 is 5.32 Å². The Hall–Kier alpha value is -2.74. The number of carbonyl (C=O) groups excluding carboxylic acids is 1. The van der Waals surface area contributed by atoms with Gasteiger partial charge in [-0.3, -0.25) is 4.79 Å². The van der Waals surface area contributed by atoms with Gasteiger partial charge in [0.2, 0.25) is 11.6 Å². The third kappa shape index (κ3) is 4.86. The van der Waals surface area contributed by atoms with E-state index < -0.39 is 74.4 Å². The fourth-order valence-corrected chi connectivity index (χ4v) is 8.36. The van der Waals surface area contributed by atoms with Crippen molar-refractivity contribution in [3.8, 4) is 0 Å². The summed E-state index contributed by atoms with van der Waals surface area (Å²) in [6, 6.07) is 6.71. The zero-order valence-corrected chi connectivity index (χ0v) is 21.7. The maximum Gasteiger partial charge on any atom is 0.426 e. The van der Waals surface area contributed by atoms with Gasteiger partial charge in [-0.1, -0.05) is 18.2 Å². The molecule has 2 aliphatic carbocycles. The Morgan fingerprint density at radius 2 is 1.68 bits per heavy atom. The van der Waals surface area contributed by atoms with Crippen LogP contribution in [-0.2, 0) is 31.5 Å². The lowest BCUT2D eigenvalue weighted by atomic mass is 9.72. The van der Waals surface area contributed by atoms with Crippen molar-refractivity contribution in [2.75, 3.05) is 6.54 Å². The molecule has 2 aliphatic rings. The van der Waals surface area contributed by atoms with E-state index in [1.807, 2.05) is 5.32 Å². The van der Waals surface area contributed by atoms with Gasteiger partial charge < -0.3 is 10.4 Å². The van der Waals surface area contributed by atoms with Gasteiger partial charge in [-0.25, -0.2) is 17.2 Å². The molecule has 0 heterocycles. The molecule has 0 aromatic heterocycles. The van der Waals surface area contributed by atoms with Crippen LogP contribution in [0.1, 0.15) is 42.9 Å². The number of nitrogens with one attached hydrogen (secondary N) is 1. The number of amides is 1. The Balaban J connectivity index is 1.81. The van der Waals surface area contributed by atoms with E-state index in [-0.39, 0.29) is 41.7 Å². The molecule has 0 spiro atoms. The van der Waals surface area contributed by atoms with Crippen LogP contribution in [0, 0.1) is 17.7 Å². The number of benzene rings is 2. The van der Waals surface area contributed by atoms with Gasteiger partial charge in [-0.15, -0.1) is 0 Å². The average molecular weight is 600 g/mol. The maximum absolute atomic E-state index is 14.8. The number of fused-ring (bicyclic) bond motifs is 3. The molecule has 0 aliphatic heterocycles. The van der Waals surface area contributed by atoms with Crippen LogP contribution in [0.5, 0.6) is 0 Å². The Morgan fingerprint density at radius 3 is 2.25 bits per heavy atom.